The molecule has 0 aliphatic carbocycles. The second-order valence-electron chi connectivity index (χ2n) is 5.85. The Balaban J connectivity index is 0. The van der Waals surface area contributed by atoms with Gasteiger partial charge in [0.2, 0.25) is 0 Å². The smallest absolute Gasteiger partial charge is 0.308 e. The topological polar surface area (TPSA) is 41.1 Å². The van der Waals surface area contributed by atoms with Gasteiger partial charge in [-0.2, -0.15) is 0 Å². The first-order valence-electron chi connectivity index (χ1n) is 10.3. The molecule has 2 amide bonds. The lowest BCUT2D eigenvalue weighted by Crippen LogP contribution is -2.20. The number of nitrogens with one attached hydrogen (secondary N) is 2. The van der Waals surface area contributed by atoms with Crippen molar-refractivity contribution in [1.29, 1.82) is 0 Å². The minimum absolute atomic E-state index is 0.220. The van der Waals surface area contributed by atoms with E-state index in [1.165, 1.54) is 29.3 Å². The second-order valence-corrected chi connectivity index (χ2v) is 6.43. The fourth-order valence-corrected chi connectivity index (χ4v) is 2.15. The van der Waals surface area contributed by atoms with Gasteiger partial charge >= 0.3 is 6.03 Å². The molecule has 0 heterocycles. The van der Waals surface area contributed by atoms with Crippen LogP contribution < -0.4 is 10.6 Å². The summed E-state index contributed by atoms with van der Waals surface area (Å²) in [4.78, 5) is 12.0. The predicted octanol–water partition coefficient (Wildman–Crippen LogP) is 7.89. The number of urea groups is 1. The number of aryl methyl sites for hydroxylation is 1. The number of hydrogen-bond acceptors (Lipinski definition) is 1. The lowest BCUT2D eigenvalue weighted by Gasteiger charge is -2.15. The number of hydrogen-bond donors (Lipinski definition) is 2. The van der Waals surface area contributed by atoms with Crippen LogP contribution in [0.25, 0.3) is 0 Å². The van der Waals surface area contributed by atoms with Crippen molar-refractivity contribution in [2.45, 2.75) is 68.7 Å². The van der Waals surface area contributed by atoms with E-state index in [1.54, 1.807) is 0 Å². The maximum atomic E-state index is 12.0. The Kier molecular flexibility index (Phi) is 17.5. The molecule has 0 fully saturated rings. The number of para-hydroxylation sites is 1. The monoisotopic (exact) mass is 404 g/mol. The van der Waals surface area contributed by atoms with Gasteiger partial charge < -0.3 is 10.6 Å². The second kappa shape index (κ2) is 17.3. The lowest BCUT2D eigenvalue weighted by atomic mass is 9.98. The first kappa shape index (κ1) is 28.4. The van der Waals surface area contributed by atoms with Crippen LogP contribution in [-0.2, 0) is 0 Å². The van der Waals surface area contributed by atoms with Crippen LogP contribution in [0.5, 0.6) is 0 Å². The van der Waals surface area contributed by atoms with Crippen LogP contribution in [0, 0.1) is 27.7 Å². The molecule has 0 bridgehead atoms. The molecule has 0 saturated carbocycles. The number of rotatable bonds is 3. The van der Waals surface area contributed by atoms with E-state index in [-0.39, 0.29) is 6.03 Å². The Morgan fingerprint density at radius 2 is 1.36 bits per heavy atom. The van der Waals surface area contributed by atoms with Crippen LogP contribution in [0.3, 0.4) is 0 Å². The number of carbonyl (C=O) groups is 1. The third kappa shape index (κ3) is 10.5. The predicted molar refractivity (Wildman–Crippen MR) is 132 cm³/mol. The maximum absolute atomic E-state index is 12.0. The quantitative estimate of drug-likeness (QED) is 0.502. The van der Waals surface area contributed by atoms with E-state index >= 15 is 0 Å². The van der Waals surface area contributed by atoms with Crippen molar-refractivity contribution in [3.63, 3.8) is 0 Å². The fourth-order valence-electron chi connectivity index (χ4n) is 2.15. The molecule has 0 aliphatic heterocycles. The molecule has 1 atom stereocenters. The van der Waals surface area contributed by atoms with Crippen LogP contribution in [0.1, 0.15) is 63.3 Å². The van der Waals surface area contributed by atoms with Gasteiger partial charge in [-0.25, -0.2) is 4.79 Å². The minimum Gasteiger partial charge on any atom is -0.308 e. The highest BCUT2D eigenvalue weighted by Crippen LogP contribution is 2.25. The van der Waals surface area contributed by atoms with E-state index in [0.29, 0.717) is 0 Å². The van der Waals surface area contributed by atoms with Gasteiger partial charge in [0.1, 0.15) is 0 Å². The molecule has 158 valence electrons. The SMILES string of the molecule is CC.CC.CCCP.Cc1cc(NC(=O)Nc2ccccc2)c(C)c(C)c1C. The van der Waals surface area contributed by atoms with Crippen molar-refractivity contribution >= 4 is 26.6 Å². The van der Waals surface area contributed by atoms with E-state index in [0.717, 1.165) is 16.9 Å². The van der Waals surface area contributed by atoms with Crippen molar-refractivity contribution in [3.8, 4) is 0 Å². The molecule has 28 heavy (non-hydrogen) atoms. The van der Waals surface area contributed by atoms with E-state index < -0.39 is 0 Å². The Hall–Kier alpha value is -1.86. The van der Waals surface area contributed by atoms with Gasteiger partial charge in [-0.1, -0.05) is 59.2 Å². The summed E-state index contributed by atoms with van der Waals surface area (Å²) in [6.07, 6.45) is 2.52. The summed E-state index contributed by atoms with van der Waals surface area (Å²) < 4.78 is 0. The van der Waals surface area contributed by atoms with Crippen molar-refractivity contribution in [1.82, 2.24) is 0 Å². The standard InChI is InChI=1S/C17H20N2O.C3H9P.2C2H6/c1-11-10-16(14(4)13(3)12(11)2)19-17(20)18-15-8-6-5-7-9-15;1-2-3-4;2*1-2/h5-10H,1-4H3,(H2,18,19,20);2-4H2,1H3;2*1-2H3. The van der Waals surface area contributed by atoms with Crippen LogP contribution in [0.15, 0.2) is 36.4 Å². The molecule has 2 N–H and O–H groups in total. The Labute approximate surface area is 175 Å². The van der Waals surface area contributed by atoms with Crippen LogP contribution in [0.4, 0.5) is 16.2 Å². The number of carbonyl (C=O) groups excluding carboxylic acids is 1. The average Bonchev–Trinajstić information content (AvgIpc) is 2.74. The number of benzene rings is 2. The van der Waals surface area contributed by atoms with Gasteiger partial charge in [0.15, 0.2) is 0 Å². The van der Waals surface area contributed by atoms with Gasteiger partial charge in [0.05, 0.1) is 0 Å². The van der Waals surface area contributed by atoms with Crippen LogP contribution in [0.2, 0.25) is 0 Å². The summed E-state index contributed by atoms with van der Waals surface area (Å²) in [5.41, 5.74) is 6.43. The molecule has 0 aromatic heterocycles. The minimum atomic E-state index is -0.220. The highest BCUT2D eigenvalue weighted by atomic mass is 31.0. The molecule has 3 nitrogen and oxygen atoms in total. The largest absolute Gasteiger partial charge is 0.323 e. The molecule has 0 radical (unpaired) electrons. The molecule has 2 rings (SSSR count). The number of anilines is 2. The van der Waals surface area contributed by atoms with E-state index in [9.17, 15) is 4.79 Å². The Morgan fingerprint density at radius 3 is 1.82 bits per heavy atom. The van der Waals surface area contributed by atoms with E-state index in [1.807, 2.05) is 71.0 Å². The maximum Gasteiger partial charge on any atom is 0.323 e. The van der Waals surface area contributed by atoms with E-state index in [2.05, 4.69) is 47.6 Å². The zero-order valence-corrected chi connectivity index (χ0v) is 20.5. The normalized spacial score (nSPS) is 8.79. The summed E-state index contributed by atoms with van der Waals surface area (Å²) in [6, 6.07) is 11.2. The van der Waals surface area contributed by atoms with Gasteiger partial charge in [-0.3, -0.25) is 0 Å². The first-order valence-corrected chi connectivity index (χ1v) is 11.1. The first-order chi connectivity index (χ1) is 13.4. The Morgan fingerprint density at radius 1 is 0.857 bits per heavy atom. The van der Waals surface area contributed by atoms with Gasteiger partial charge in [-0.05, 0) is 74.3 Å². The average molecular weight is 405 g/mol. The zero-order chi connectivity index (χ0) is 22.1. The van der Waals surface area contributed by atoms with Crippen LogP contribution in [-0.4, -0.2) is 12.2 Å². The van der Waals surface area contributed by atoms with Crippen molar-refractivity contribution in [2.24, 2.45) is 0 Å². The van der Waals surface area contributed by atoms with Crippen molar-refractivity contribution in [3.05, 3.63) is 58.7 Å². The molecular weight excluding hydrogens is 363 g/mol. The lowest BCUT2D eigenvalue weighted by molar-refractivity contribution is 0.262. The van der Waals surface area contributed by atoms with Gasteiger partial charge in [0.25, 0.3) is 0 Å². The van der Waals surface area contributed by atoms with Crippen LogP contribution >= 0.6 is 9.24 Å². The summed E-state index contributed by atoms with van der Waals surface area (Å²) in [7, 11) is 2.66. The van der Waals surface area contributed by atoms with E-state index in [4.69, 9.17) is 0 Å². The van der Waals surface area contributed by atoms with Crippen molar-refractivity contribution < 1.29 is 4.79 Å². The van der Waals surface area contributed by atoms with Gasteiger partial charge in [0, 0.05) is 11.4 Å². The summed E-state index contributed by atoms with van der Waals surface area (Å²) >= 11 is 0. The number of amides is 2. The Bertz CT molecular complexity index is 668. The molecule has 0 saturated heterocycles. The van der Waals surface area contributed by atoms with Crippen molar-refractivity contribution in [2.75, 3.05) is 16.8 Å². The summed E-state index contributed by atoms with van der Waals surface area (Å²) in [5.74, 6) is 0. The molecule has 1 unspecified atom stereocenters. The molecule has 0 spiro atoms. The summed E-state index contributed by atoms with van der Waals surface area (Å²) in [6.45, 7) is 18.4. The van der Waals surface area contributed by atoms with Gasteiger partial charge in [-0.15, -0.1) is 9.24 Å². The molecule has 4 heteroatoms. The highest BCUT2D eigenvalue weighted by Gasteiger charge is 2.09. The summed E-state index contributed by atoms with van der Waals surface area (Å²) in [5, 5.41) is 5.74. The highest BCUT2D eigenvalue weighted by molar-refractivity contribution is 7.16. The molecule has 2 aromatic rings. The molecular formula is C24H41N2OP. The fraction of sp³-hybridized carbons (Fsp3) is 0.458. The zero-order valence-electron chi connectivity index (χ0n) is 19.4. The third-order valence-electron chi connectivity index (χ3n) is 4.05. The third-order valence-corrected chi connectivity index (χ3v) is 4.63. The molecule has 0 aliphatic rings. The molecule has 2 aromatic carbocycles.